The monoisotopic (exact) mass is 834 g/mol. The number of ether oxygens (including phenoxy) is 1. The molecule has 5 aromatic carbocycles. The van der Waals surface area contributed by atoms with Crippen LogP contribution in [0.4, 0.5) is 16.2 Å². The first-order valence-electron chi connectivity index (χ1n) is 21.2. The van der Waals surface area contributed by atoms with Crippen LogP contribution < -0.4 is 26.4 Å². The third-order valence-electron chi connectivity index (χ3n) is 11.4. The van der Waals surface area contributed by atoms with E-state index >= 15 is 0 Å². The van der Waals surface area contributed by atoms with E-state index in [0.29, 0.717) is 54.8 Å². The van der Waals surface area contributed by atoms with Crippen molar-refractivity contribution < 1.29 is 24.2 Å². The first-order chi connectivity index (χ1) is 30.1. The number of carbonyl (C=O) groups excluding carboxylic acids is 3. The van der Waals surface area contributed by atoms with E-state index < -0.39 is 6.09 Å². The maximum atomic E-state index is 13.3. The zero-order valence-corrected chi connectivity index (χ0v) is 35.2. The first kappa shape index (κ1) is 43.3. The van der Waals surface area contributed by atoms with Gasteiger partial charge in [0, 0.05) is 74.0 Å². The number of aromatic hydroxyl groups is 1. The lowest BCUT2D eigenvalue weighted by molar-refractivity contribution is -0.118. The largest absolute Gasteiger partial charge is 0.506 e. The molecule has 5 N–H and O–H groups in total. The van der Waals surface area contributed by atoms with Gasteiger partial charge in [-0.25, -0.2) is 4.79 Å². The molecular formula is C50H54N6O6. The third-order valence-corrected chi connectivity index (χ3v) is 11.4. The number of phenols is 1. The van der Waals surface area contributed by atoms with E-state index in [0.717, 1.165) is 60.1 Å². The molecule has 1 fully saturated rings. The molecule has 12 nitrogen and oxygen atoms in total. The number of nitrogens with zero attached hydrogens (tertiary/aromatic N) is 2. The van der Waals surface area contributed by atoms with Gasteiger partial charge in [-0.1, -0.05) is 84.9 Å². The second-order valence-corrected chi connectivity index (χ2v) is 15.9. The Balaban J connectivity index is 0.803. The van der Waals surface area contributed by atoms with Crippen molar-refractivity contribution in [3.63, 3.8) is 0 Å². The van der Waals surface area contributed by atoms with Gasteiger partial charge in [0.15, 0.2) is 0 Å². The number of carbonyl (C=O) groups is 3. The highest BCUT2D eigenvalue weighted by Crippen LogP contribution is 2.28. The molecule has 0 radical (unpaired) electrons. The Kier molecular flexibility index (Phi) is 14.4. The summed E-state index contributed by atoms with van der Waals surface area (Å²) in [5.74, 6) is -0.208. The quantitative estimate of drug-likeness (QED) is 0.0666. The number of aromatic amines is 1. The molecule has 0 saturated carbocycles. The van der Waals surface area contributed by atoms with Crippen molar-refractivity contribution in [1.29, 1.82) is 0 Å². The highest BCUT2D eigenvalue weighted by molar-refractivity contribution is 5.98. The molecule has 1 aliphatic rings. The van der Waals surface area contributed by atoms with Crippen LogP contribution in [0.5, 0.6) is 5.75 Å². The zero-order valence-electron chi connectivity index (χ0n) is 35.2. The Labute approximate surface area is 361 Å². The van der Waals surface area contributed by atoms with Crippen LogP contribution in [0.1, 0.15) is 53.2 Å². The van der Waals surface area contributed by atoms with Crippen LogP contribution in [-0.4, -0.2) is 78.3 Å². The van der Waals surface area contributed by atoms with Crippen LogP contribution in [0.25, 0.3) is 22.0 Å². The summed E-state index contributed by atoms with van der Waals surface area (Å²) in [6.45, 7) is 5.27. The summed E-state index contributed by atoms with van der Waals surface area (Å²) in [6.07, 6.45) is 2.59. The molecule has 1 aromatic heterocycles. The van der Waals surface area contributed by atoms with Gasteiger partial charge in [0.05, 0.1) is 11.2 Å². The smallest absolute Gasteiger partial charge is 0.411 e. The lowest BCUT2D eigenvalue weighted by Gasteiger charge is -2.31. The predicted octanol–water partition coefficient (Wildman–Crippen LogP) is 7.66. The van der Waals surface area contributed by atoms with Crippen molar-refractivity contribution in [3.8, 4) is 16.9 Å². The van der Waals surface area contributed by atoms with E-state index in [1.165, 1.54) is 11.6 Å². The van der Waals surface area contributed by atoms with E-state index in [1.54, 1.807) is 42.3 Å². The molecule has 7 rings (SSSR count). The Morgan fingerprint density at radius 1 is 0.871 bits per heavy atom. The second-order valence-electron chi connectivity index (χ2n) is 15.9. The van der Waals surface area contributed by atoms with Crippen LogP contribution in [0.15, 0.2) is 132 Å². The van der Waals surface area contributed by atoms with E-state index in [2.05, 4.69) is 44.9 Å². The average Bonchev–Trinajstić information content (AvgIpc) is 3.29. The number of fused-ring (bicyclic) bond motifs is 1. The summed E-state index contributed by atoms with van der Waals surface area (Å²) in [5.41, 5.74) is 7.17. The molecule has 1 unspecified atom stereocenters. The summed E-state index contributed by atoms with van der Waals surface area (Å²) in [6, 6.07) is 39.8. The van der Waals surface area contributed by atoms with Crippen molar-refractivity contribution in [2.75, 3.05) is 43.4 Å². The van der Waals surface area contributed by atoms with Gasteiger partial charge in [-0.15, -0.1) is 0 Å². The molecule has 12 heteroatoms. The first-order valence-corrected chi connectivity index (χ1v) is 21.2. The molecule has 2 heterocycles. The number of nitrogens with one attached hydrogen (secondary N) is 4. The van der Waals surface area contributed by atoms with Crippen LogP contribution in [0.3, 0.4) is 0 Å². The molecule has 320 valence electrons. The maximum absolute atomic E-state index is 13.3. The summed E-state index contributed by atoms with van der Waals surface area (Å²) >= 11 is 0. The molecule has 0 aliphatic carbocycles. The number of pyridine rings is 1. The van der Waals surface area contributed by atoms with E-state index in [-0.39, 0.29) is 35.3 Å². The number of aromatic nitrogens is 1. The number of likely N-dealkylation sites (tertiary alicyclic amines) is 1. The number of phenolic OH excluding ortho intramolecular Hbond substituents is 1. The number of piperidine rings is 1. The van der Waals surface area contributed by atoms with Gasteiger partial charge in [-0.3, -0.25) is 19.7 Å². The number of hydrogen-bond acceptors (Lipinski definition) is 8. The Hall–Kier alpha value is -6.76. The SMILES string of the molecule is CC(Cc1ccc(CNC(=O)c2cccc(N(C)C(=O)CCN3CCC(OC(=O)Nc4ccccc4-c4ccccc4)CC3)c2)cc1)NCCc1ccc(O)c2[nH]c(=O)ccc12. The Morgan fingerprint density at radius 3 is 2.40 bits per heavy atom. The normalized spacial score (nSPS) is 13.6. The van der Waals surface area contributed by atoms with E-state index in [4.69, 9.17) is 4.74 Å². The second kappa shape index (κ2) is 20.7. The van der Waals surface area contributed by atoms with Gasteiger partial charge in [0.1, 0.15) is 11.9 Å². The molecule has 0 bridgehead atoms. The average molecular weight is 835 g/mol. The van der Waals surface area contributed by atoms with Gasteiger partial charge in [0.25, 0.3) is 5.91 Å². The number of benzene rings is 5. The van der Waals surface area contributed by atoms with E-state index in [1.807, 2.05) is 78.9 Å². The minimum Gasteiger partial charge on any atom is -0.506 e. The van der Waals surface area contributed by atoms with Gasteiger partial charge in [-0.05, 0) is 97.8 Å². The molecule has 1 aliphatic heterocycles. The molecule has 1 saturated heterocycles. The molecule has 0 spiro atoms. The van der Waals surface area contributed by atoms with Crippen molar-refractivity contribution >= 4 is 40.2 Å². The third kappa shape index (κ3) is 11.5. The molecule has 6 aromatic rings. The predicted molar refractivity (Wildman–Crippen MR) is 245 cm³/mol. The van der Waals surface area contributed by atoms with Crippen molar-refractivity contribution in [2.24, 2.45) is 0 Å². The fourth-order valence-corrected chi connectivity index (χ4v) is 7.90. The van der Waals surface area contributed by atoms with Crippen LogP contribution in [-0.2, 0) is 28.9 Å². The maximum Gasteiger partial charge on any atom is 0.411 e. The number of amides is 3. The van der Waals surface area contributed by atoms with Crippen molar-refractivity contribution in [3.05, 3.63) is 160 Å². The molecule has 1 atom stereocenters. The number of para-hydroxylation sites is 1. The lowest BCUT2D eigenvalue weighted by Crippen LogP contribution is -2.40. The van der Waals surface area contributed by atoms with Crippen molar-refractivity contribution in [2.45, 2.75) is 57.7 Å². The minimum absolute atomic E-state index is 0.0495. The number of hydrogen-bond donors (Lipinski definition) is 5. The summed E-state index contributed by atoms with van der Waals surface area (Å²) in [7, 11) is 1.73. The summed E-state index contributed by atoms with van der Waals surface area (Å²) in [5, 5.41) is 20.5. The highest BCUT2D eigenvalue weighted by atomic mass is 16.6. The number of anilines is 2. The van der Waals surface area contributed by atoms with Crippen molar-refractivity contribution in [1.82, 2.24) is 20.5 Å². The molecule has 62 heavy (non-hydrogen) atoms. The Bertz CT molecular complexity index is 2530. The number of rotatable bonds is 16. The van der Waals surface area contributed by atoms with Gasteiger partial charge in [0.2, 0.25) is 11.5 Å². The fourth-order valence-electron chi connectivity index (χ4n) is 7.90. The molecular weight excluding hydrogens is 781 g/mol. The number of H-pyrrole nitrogens is 1. The van der Waals surface area contributed by atoms with Crippen LogP contribution in [0, 0.1) is 0 Å². The Morgan fingerprint density at radius 2 is 1.61 bits per heavy atom. The summed E-state index contributed by atoms with van der Waals surface area (Å²) < 4.78 is 5.78. The summed E-state index contributed by atoms with van der Waals surface area (Å²) in [4.78, 5) is 57.5. The van der Waals surface area contributed by atoms with E-state index in [9.17, 15) is 24.3 Å². The van der Waals surface area contributed by atoms with Gasteiger partial charge < -0.3 is 35.3 Å². The van der Waals surface area contributed by atoms with Crippen LogP contribution >= 0.6 is 0 Å². The topological polar surface area (TPSA) is 156 Å². The highest BCUT2D eigenvalue weighted by Gasteiger charge is 2.24. The molecule has 3 amide bonds. The minimum atomic E-state index is -0.472. The zero-order chi connectivity index (χ0) is 43.4. The van der Waals surface area contributed by atoms with Crippen LogP contribution in [0.2, 0.25) is 0 Å². The van der Waals surface area contributed by atoms with Gasteiger partial charge >= 0.3 is 6.09 Å². The lowest BCUT2D eigenvalue weighted by atomic mass is 10.0. The standard InChI is InChI=1S/C50H54N6O6/c1-34(51-27-23-38-19-21-45(57)48-43(38)20-22-46(58)54-48)31-35-15-17-36(18-16-35)33-52-49(60)39-11-8-12-40(32-39)55(2)47(59)26-30-56-28-24-41(25-29-56)62-50(61)53-44-14-7-6-13-42(44)37-9-4-3-5-10-37/h3-22,32,34,41,51,57H,23-31,33H2,1-2H3,(H,52,60)(H,53,61)(H,54,58). The fraction of sp³-hybridized carbons (Fsp3) is 0.280. The van der Waals surface area contributed by atoms with Gasteiger partial charge in [-0.2, -0.15) is 0 Å².